The summed E-state index contributed by atoms with van der Waals surface area (Å²) in [6, 6.07) is 0. The number of carbonyl (C=O) groups is 2. The Bertz CT molecular complexity index is 371. The maximum absolute atomic E-state index is 12.1. The molecule has 0 aliphatic heterocycles. The lowest BCUT2D eigenvalue weighted by molar-refractivity contribution is -0.164. The zero-order valence-corrected chi connectivity index (χ0v) is 13.3. The van der Waals surface area contributed by atoms with Crippen LogP contribution in [0, 0.1) is 11.8 Å². The van der Waals surface area contributed by atoms with E-state index in [1.807, 2.05) is 0 Å². The Kier molecular flexibility index (Phi) is 7.38. The third-order valence-corrected chi connectivity index (χ3v) is 3.87. The van der Waals surface area contributed by atoms with Crippen molar-refractivity contribution in [1.29, 1.82) is 0 Å². The zero-order chi connectivity index (χ0) is 15.1. The molecule has 0 aromatic heterocycles. The zero-order valence-electron chi connectivity index (χ0n) is 11.8. The summed E-state index contributed by atoms with van der Waals surface area (Å²) in [6.45, 7) is 3.84. The fourth-order valence-corrected chi connectivity index (χ4v) is 3.00. The molecule has 0 saturated heterocycles. The van der Waals surface area contributed by atoms with E-state index in [-0.39, 0.29) is 23.6 Å². The van der Waals surface area contributed by atoms with Crippen LogP contribution in [0.25, 0.3) is 0 Å². The molecule has 0 spiro atoms. The van der Waals surface area contributed by atoms with E-state index in [4.69, 9.17) is 32.7 Å². The number of ether oxygens (including phenoxy) is 2. The molecule has 1 saturated carbocycles. The fourth-order valence-electron chi connectivity index (χ4n) is 2.53. The summed E-state index contributed by atoms with van der Waals surface area (Å²) in [5.41, 5.74) is 0.755. The number of halogens is 2. The van der Waals surface area contributed by atoms with Crippen molar-refractivity contribution in [2.45, 2.75) is 39.5 Å². The van der Waals surface area contributed by atoms with Gasteiger partial charge in [0, 0.05) is 5.92 Å². The smallest absolute Gasteiger partial charge is 0.320 e. The molecule has 1 atom stereocenters. The first-order valence-electron chi connectivity index (χ1n) is 6.90. The molecule has 20 heavy (non-hydrogen) atoms. The van der Waals surface area contributed by atoms with Crippen LogP contribution in [-0.2, 0) is 19.1 Å². The third kappa shape index (κ3) is 4.38. The average Bonchev–Trinajstić information content (AvgIpc) is 2.40. The van der Waals surface area contributed by atoms with Gasteiger partial charge in [-0.3, -0.25) is 9.59 Å². The lowest BCUT2D eigenvalue weighted by Gasteiger charge is -2.30. The normalized spacial score (nSPS) is 18.9. The van der Waals surface area contributed by atoms with E-state index >= 15 is 0 Å². The quantitative estimate of drug-likeness (QED) is 0.573. The molecule has 0 N–H and O–H groups in total. The molecule has 1 aliphatic carbocycles. The van der Waals surface area contributed by atoms with Crippen molar-refractivity contribution in [2.75, 3.05) is 13.2 Å². The van der Waals surface area contributed by atoms with Crippen molar-refractivity contribution in [1.82, 2.24) is 0 Å². The molecule has 0 heterocycles. The molecule has 1 fully saturated rings. The molecular weight excluding hydrogens is 303 g/mol. The SMILES string of the molecule is CCOC(=O)C(C(=O)OCC)[C@@H]1CCCCC1=C(Cl)Cl. The number of hydrogen-bond acceptors (Lipinski definition) is 4. The topological polar surface area (TPSA) is 52.6 Å². The Morgan fingerprint density at radius 3 is 2.15 bits per heavy atom. The van der Waals surface area contributed by atoms with Gasteiger partial charge in [-0.25, -0.2) is 0 Å². The highest BCUT2D eigenvalue weighted by Crippen LogP contribution is 2.39. The highest BCUT2D eigenvalue weighted by atomic mass is 35.5. The van der Waals surface area contributed by atoms with Crippen LogP contribution in [0.4, 0.5) is 0 Å². The highest BCUT2D eigenvalue weighted by Gasteiger charge is 2.40. The first kappa shape index (κ1) is 17.3. The molecule has 0 unspecified atom stereocenters. The summed E-state index contributed by atoms with van der Waals surface area (Å²) in [5, 5.41) is 0. The van der Waals surface area contributed by atoms with E-state index in [2.05, 4.69) is 0 Å². The molecule has 1 aliphatic rings. The summed E-state index contributed by atoms with van der Waals surface area (Å²) in [6.07, 6.45) is 3.25. The van der Waals surface area contributed by atoms with Crippen molar-refractivity contribution in [3.8, 4) is 0 Å². The second-order valence-corrected chi connectivity index (χ2v) is 5.57. The molecule has 4 nitrogen and oxygen atoms in total. The molecule has 114 valence electrons. The van der Waals surface area contributed by atoms with Gasteiger partial charge in [-0.2, -0.15) is 0 Å². The summed E-state index contributed by atoms with van der Waals surface area (Å²) < 4.78 is 10.2. The maximum Gasteiger partial charge on any atom is 0.320 e. The van der Waals surface area contributed by atoms with Crippen LogP contribution in [0.15, 0.2) is 10.1 Å². The van der Waals surface area contributed by atoms with E-state index in [1.54, 1.807) is 13.8 Å². The van der Waals surface area contributed by atoms with Crippen LogP contribution < -0.4 is 0 Å². The highest BCUT2D eigenvalue weighted by molar-refractivity contribution is 6.56. The van der Waals surface area contributed by atoms with Crippen LogP contribution in [0.3, 0.4) is 0 Å². The van der Waals surface area contributed by atoms with E-state index in [0.29, 0.717) is 12.8 Å². The van der Waals surface area contributed by atoms with Gasteiger partial charge in [0.25, 0.3) is 0 Å². The monoisotopic (exact) mass is 322 g/mol. The van der Waals surface area contributed by atoms with Crippen molar-refractivity contribution < 1.29 is 19.1 Å². The van der Waals surface area contributed by atoms with Gasteiger partial charge < -0.3 is 9.47 Å². The molecule has 0 bridgehead atoms. The van der Waals surface area contributed by atoms with Gasteiger partial charge in [-0.05, 0) is 38.7 Å². The number of esters is 2. The molecule has 0 aromatic carbocycles. The maximum atomic E-state index is 12.1. The van der Waals surface area contributed by atoms with Gasteiger partial charge in [0.05, 0.1) is 13.2 Å². The van der Waals surface area contributed by atoms with Crippen molar-refractivity contribution in [3.05, 3.63) is 10.1 Å². The Morgan fingerprint density at radius 2 is 1.70 bits per heavy atom. The molecule has 0 radical (unpaired) electrons. The molecule has 1 rings (SSSR count). The van der Waals surface area contributed by atoms with Crippen LogP contribution in [0.1, 0.15) is 39.5 Å². The number of carbonyl (C=O) groups excluding carboxylic acids is 2. The molecule has 0 amide bonds. The van der Waals surface area contributed by atoms with Crippen molar-refractivity contribution in [2.24, 2.45) is 11.8 Å². The standard InChI is InChI=1S/C14H20Cl2O4/c1-3-19-13(17)11(14(18)20-4-2)9-7-5-6-8-10(9)12(15)16/h9,11H,3-8H2,1-2H3/t9-/m1/s1. The van der Waals surface area contributed by atoms with Crippen molar-refractivity contribution in [3.63, 3.8) is 0 Å². The minimum atomic E-state index is -0.974. The average molecular weight is 323 g/mol. The Hall–Kier alpha value is -0.740. The lowest BCUT2D eigenvalue weighted by atomic mass is 9.77. The van der Waals surface area contributed by atoms with Gasteiger partial charge in [-0.1, -0.05) is 29.6 Å². The second-order valence-electron chi connectivity index (χ2n) is 4.62. The van der Waals surface area contributed by atoms with Crippen LogP contribution in [-0.4, -0.2) is 25.2 Å². The Labute approximate surface area is 129 Å². The predicted molar refractivity (Wildman–Crippen MR) is 77.4 cm³/mol. The van der Waals surface area contributed by atoms with E-state index in [0.717, 1.165) is 18.4 Å². The summed E-state index contributed by atoms with van der Waals surface area (Å²) in [7, 11) is 0. The molecule has 0 aromatic rings. The predicted octanol–water partition coefficient (Wildman–Crippen LogP) is 3.61. The summed E-state index contributed by atoms with van der Waals surface area (Å²) in [5.74, 6) is -2.43. The van der Waals surface area contributed by atoms with Gasteiger partial charge in [0.15, 0.2) is 5.92 Å². The Morgan fingerprint density at radius 1 is 1.15 bits per heavy atom. The van der Waals surface area contributed by atoms with Crippen LogP contribution >= 0.6 is 23.2 Å². The largest absolute Gasteiger partial charge is 0.465 e. The van der Waals surface area contributed by atoms with Gasteiger partial charge in [0.2, 0.25) is 0 Å². The number of rotatable bonds is 5. The van der Waals surface area contributed by atoms with Gasteiger partial charge in [-0.15, -0.1) is 0 Å². The Balaban J connectivity index is 3.04. The summed E-state index contributed by atoms with van der Waals surface area (Å²) >= 11 is 11.8. The fraction of sp³-hybridized carbons (Fsp3) is 0.714. The van der Waals surface area contributed by atoms with E-state index in [1.165, 1.54) is 0 Å². The van der Waals surface area contributed by atoms with Crippen molar-refractivity contribution >= 4 is 35.1 Å². The van der Waals surface area contributed by atoms with Crippen LogP contribution in [0.5, 0.6) is 0 Å². The lowest BCUT2D eigenvalue weighted by Crippen LogP contribution is -2.36. The van der Waals surface area contributed by atoms with Crippen LogP contribution in [0.2, 0.25) is 0 Å². The summed E-state index contributed by atoms with van der Waals surface area (Å²) in [4.78, 5) is 24.2. The number of hydrogen-bond donors (Lipinski definition) is 0. The second kappa shape index (κ2) is 8.53. The van der Waals surface area contributed by atoms with E-state index in [9.17, 15) is 9.59 Å². The van der Waals surface area contributed by atoms with E-state index < -0.39 is 17.9 Å². The minimum absolute atomic E-state index is 0.147. The number of allylic oxidation sites excluding steroid dienone is 1. The minimum Gasteiger partial charge on any atom is -0.465 e. The first-order chi connectivity index (χ1) is 9.52. The third-order valence-electron chi connectivity index (χ3n) is 3.38. The first-order valence-corrected chi connectivity index (χ1v) is 7.65. The van der Waals surface area contributed by atoms with Gasteiger partial charge in [0.1, 0.15) is 4.49 Å². The van der Waals surface area contributed by atoms with Gasteiger partial charge >= 0.3 is 11.9 Å². The molecule has 6 heteroatoms. The molecular formula is C14H20Cl2O4.